The van der Waals surface area contributed by atoms with Crippen LogP contribution in [0, 0.1) is 6.92 Å². The standard InChI is InChI=1S/C18H25NO4S/c1-12-6-8-13(9-7-12)24-14-10-15(16(20)22-5)19(11-14)17(21)23-18(2,3)4/h6-9,14-15H,10-11H2,1-5H3/t14?,15-/m0/s1. The van der Waals surface area contributed by atoms with Crippen molar-refractivity contribution in [3.8, 4) is 0 Å². The van der Waals surface area contributed by atoms with Crippen LogP contribution in [0.5, 0.6) is 0 Å². The van der Waals surface area contributed by atoms with Gasteiger partial charge in [0, 0.05) is 16.7 Å². The number of aryl methyl sites for hydroxylation is 1. The molecule has 0 aliphatic carbocycles. The van der Waals surface area contributed by atoms with Crippen LogP contribution >= 0.6 is 11.8 Å². The van der Waals surface area contributed by atoms with E-state index >= 15 is 0 Å². The van der Waals surface area contributed by atoms with Gasteiger partial charge >= 0.3 is 12.1 Å². The van der Waals surface area contributed by atoms with Crippen molar-refractivity contribution in [2.24, 2.45) is 0 Å². The summed E-state index contributed by atoms with van der Waals surface area (Å²) in [6.45, 7) is 7.95. The molecule has 0 radical (unpaired) electrons. The third-order valence-corrected chi connectivity index (χ3v) is 4.91. The molecule has 6 heteroatoms. The van der Waals surface area contributed by atoms with E-state index in [0.29, 0.717) is 13.0 Å². The number of benzene rings is 1. The molecule has 1 amide bonds. The number of likely N-dealkylation sites (tertiary alicyclic amines) is 1. The Hall–Kier alpha value is -1.69. The molecule has 0 aromatic heterocycles. The summed E-state index contributed by atoms with van der Waals surface area (Å²) in [4.78, 5) is 27.1. The Morgan fingerprint density at radius 3 is 2.38 bits per heavy atom. The third-order valence-electron chi connectivity index (χ3n) is 3.69. The minimum atomic E-state index is -0.597. The Morgan fingerprint density at radius 2 is 1.83 bits per heavy atom. The number of esters is 1. The Labute approximate surface area is 147 Å². The molecule has 132 valence electrons. The first kappa shape index (κ1) is 18.6. The van der Waals surface area contributed by atoms with E-state index in [9.17, 15) is 9.59 Å². The highest BCUT2D eigenvalue weighted by Crippen LogP contribution is 2.34. The number of nitrogens with zero attached hydrogens (tertiary/aromatic N) is 1. The average Bonchev–Trinajstić information content (AvgIpc) is 2.91. The molecule has 0 N–H and O–H groups in total. The molecule has 2 atom stereocenters. The number of carbonyl (C=O) groups is 2. The summed E-state index contributed by atoms with van der Waals surface area (Å²) in [6, 6.07) is 7.64. The Kier molecular flexibility index (Phi) is 5.80. The summed E-state index contributed by atoms with van der Waals surface area (Å²) in [5.74, 6) is -0.395. The van der Waals surface area contributed by atoms with Crippen molar-refractivity contribution in [3.63, 3.8) is 0 Å². The maximum atomic E-state index is 12.4. The first-order chi connectivity index (χ1) is 11.2. The Balaban J connectivity index is 2.09. The third kappa shape index (κ3) is 4.90. The number of carbonyl (C=O) groups excluding carboxylic acids is 2. The van der Waals surface area contributed by atoms with Crippen LogP contribution in [0.25, 0.3) is 0 Å². The van der Waals surface area contributed by atoms with Gasteiger partial charge in [-0.05, 0) is 46.2 Å². The number of amides is 1. The van der Waals surface area contributed by atoms with Crippen LogP contribution < -0.4 is 0 Å². The zero-order valence-electron chi connectivity index (χ0n) is 14.9. The number of hydrogen-bond donors (Lipinski definition) is 0. The predicted octanol–water partition coefficient (Wildman–Crippen LogP) is 3.64. The smallest absolute Gasteiger partial charge is 0.411 e. The molecule has 1 aromatic carbocycles. The Bertz CT molecular complexity index is 594. The van der Waals surface area contributed by atoms with E-state index in [1.165, 1.54) is 17.6 Å². The summed E-state index contributed by atoms with van der Waals surface area (Å²) < 4.78 is 10.3. The normalized spacial score (nSPS) is 20.8. The zero-order valence-corrected chi connectivity index (χ0v) is 15.7. The highest BCUT2D eigenvalue weighted by Gasteiger charge is 2.42. The molecular formula is C18H25NO4S. The molecular weight excluding hydrogens is 326 g/mol. The fourth-order valence-electron chi connectivity index (χ4n) is 2.57. The van der Waals surface area contributed by atoms with Crippen LogP contribution in [-0.4, -0.2) is 47.5 Å². The quantitative estimate of drug-likeness (QED) is 0.778. The molecule has 0 spiro atoms. The van der Waals surface area contributed by atoms with Crippen molar-refractivity contribution < 1.29 is 19.1 Å². The van der Waals surface area contributed by atoms with Crippen LogP contribution in [0.15, 0.2) is 29.2 Å². The number of thioether (sulfide) groups is 1. The lowest BCUT2D eigenvalue weighted by Crippen LogP contribution is -2.43. The largest absolute Gasteiger partial charge is 0.467 e. The number of hydrogen-bond acceptors (Lipinski definition) is 5. The van der Waals surface area contributed by atoms with Gasteiger partial charge in [0.2, 0.25) is 0 Å². The molecule has 1 aliphatic rings. The summed E-state index contributed by atoms with van der Waals surface area (Å²) >= 11 is 1.67. The molecule has 0 bridgehead atoms. The second-order valence-electron chi connectivity index (χ2n) is 6.96. The fraction of sp³-hybridized carbons (Fsp3) is 0.556. The Morgan fingerprint density at radius 1 is 1.21 bits per heavy atom. The predicted molar refractivity (Wildman–Crippen MR) is 94.2 cm³/mol. The monoisotopic (exact) mass is 351 g/mol. The van der Waals surface area contributed by atoms with Gasteiger partial charge in [-0.2, -0.15) is 0 Å². The first-order valence-electron chi connectivity index (χ1n) is 8.00. The summed E-state index contributed by atoms with van der Waals surface area (Å²) in [7, 11) is 1.34. The summed E-state index contributed by atoms with van der Waals surface area (Å²) in [6.07, 6.45) is 0.0923. The van der Waals surface area contributed by atoms with Crippen LogP contribution in [0.3, 0.4) is 0 Å². The van der Waals surface area contributed by atoms with Crippen LogP contribution in [0.4, 0.5) is 4.79 Å². The summed E-state index contributed by atoms with van der Waals surface area (Å²) in [5, 5.41) is 0.129. The van der Waals surface area contributed by atoms with E-state index in [2.05, 4.69) is 24.3 Å². The first-order valence-corrected chi connectivity index (χ1v) is 8.88. The molecule has 1 fully saturated rings. The minimum Gasteiger partial charge on any atom is -0.467 e. The lowest BCUT2D eigenvalue weighted by Gasteiger charge is -2.27. The van der Waals surface area contributed by atoms with Crippen molar-refractivity contribution in [2.75, 3.05) is 13.7 Å². The molecule has 2 rings (SSSR count). The van der Waals surface area contributed by atoms with Gasteiger partial charge in [-0.1, -0.05) is 17.7 Å². The van der Waals surface area contributed by atoms with E-state index < -0.39 is 23.7 Å². The van der Waals surface area contributed by atoms with Crippen LogP contribution in [0.2, 0.25) is 0 Å². The van der Waals surface area contributed by atoms with Gasteiger partial charge in [-0.25, -0.2) is 9.59 Å². The second kappa shape index (κ2) is 7.47. The van der Waals surface area contributed by atoms with E-state index in [0.717, 1.165) is 4.90 Å². The highest BCUT2D eigenvalue weighted by atomic mass is 32.2. The van der Waals surface area contributed by atoms with Gasteiger partial charge in [-0.3, -0.25) is 4.90 Å². The number of methoxy groups -OCH3 is 1. The SMILES string of the molecule is COC(=O)[C@@H]1CC(Sc2ccc(C)cc2)CN1C(=O)OC(C)(C)C. The maximum absolute atomic E-state index is 12.4. The minimum absolute atomic E-state index is 0.129. The molecule has 0 saturated carbocycles. The van der Waals surface area contributed by atoms with Crippen molar-refractivity contribution in [2.45, 2.75) is 55.9 Å². The van der Waals surface area contributed by atoms with Crippen molar-refractivity contribution in [3.05, 3.63) is 29.8 Å². The lowest BCUT2D eigenvalue weighted by atomic mass is 10.2. The van der Waals surface area contributed by atoms with Crippen LogP contribution in [-0.2, 0) is 14.3 Å². The highest BCUT2D eigenvalue weighted by molar-refractivity contribution is 8.00. The van der Waals surface area contributed by atoms with Crippen LogP contribution in [0.1, 0.15) is 32.8 Å². The topological polar surface area (TPSA) is 55.8 Å². The zero-order chi connectivity index (χ0) is 17.9. The van der Waals surface area contributed by atoms with Gasteiger partial charge < -0.3 is 9.47 Å². The molecule has 1 unspecified atom stereocenters. The molecule has 1 saturated heterocycles. The lowest BCUT2D eigenvalue weighted by molar-refractivity contribution is -0.145. The molecule has 1 aromatic rings. The van der Waals surface area contributed by atoms with E-state index in [1.807, 2.05) is 27.7 Å². The van der Waals surface area contributed by atoms with Gasteiger partial charge in [0.05, 0.1) is 7.11 Å². The molecule has 1 aliphatic heterocycles. The van der Waals surface area contributed by atoms with E-state index in [1.54, 1.807) is 11.8 Å². The van der Waals surface area contributed by atoms with E-state index in [-0.39, 0.29) is 5.25 Å². The van der Waals surface area contributed by atoms with Gasteiger partial charge in [-0.15, -0.1) is 11.8 Å². The molecule has 1 heterocycles. The number of ether oxygens (including phenoxy) is 2. The fourth-order valence-corrected chi connectivity index (χ4v) is 3.77. The van der Waals surface area contributed by atoms with Gasteiger partial charge in [0.25, 0.3) is 0 Å². The van der Waals surface area contributed by atoms with Crippen molar-refractivity contribution in [1.82, 2.24) is 4.90 Å². The summed E-state index contributed by atoms with van der Waals surface area (Å²) in [5.41, 5.74) is 0.605. The van der Waals surface area contributed by atoms with Crippen molar-refractivity contribution >= 4 is 23.8 Å². The molecule has 5 nitrogen and oxygen atoms in total. The van der Waals surface area contributed by atoms with E-state index in [4.69, 9.17) is 9.47 Å². The second-order valence-corrected chi connectivity index (χ2v) is 8.33. The number of rotatable bonds is 3. The average molecular weight is 351 g/mol. The van der Waals surface area contributed by atoms with Crippen molar-refractivity contribution in [1.29, 1.82) is 0 Å². The van der Waals surface area contributed by atoms with Gasteiger partial charge in [0.1, 0.15) is 11.6 Å². The maximum Gasteiger partial charge on any atom is 0.411 e. The van der Waals surface area contributed by atoms with Gasteiger partial charge in [0.15, 0.2) is 0 Å². The molecule has 24 heavy (non-hydrogen) atoms.